The van der Waals surface area contributed by atoms with Crippen LogP contribution in [-0.4, -0.2) is 25.3 Å². The molecule has 0 saturated carbocycles. The van der Waals surface area contributed by atoms with Gasteiger partial charge in [0, 0.05) is 11.3 Å². The minimum Gasteiger partial charge on any atom is -0.497 e. The number of amides is 1. The number of hydrogen-bond donors (Lipinski definition) is 2. The van der Waals surface area contributed by atoms with Gasteiger partial charge in [0.1, 0.15) is 11.8 Å². The Hall–Kier alpha value is -3.86. The maximum absolute atomic E-state index is 12.7. The fourth-order valence-corrected chi connectivity index (χ4v) is 3.67. The molecule has 4 aromatic rings. The van der Waals surface area contributed by atoms with Gasteiger partial charge in [0.05, 0.1) is 13.3 Å². The number of methoxy groups -OCH3 is 1. The molecule has 1 unspecified atom stereocenters. The van der Waals surface area contributed by atoms with E-state index in [-0.39, 0.29) is 5.91 Å². The highest BCUT2D eigenvalue weighted by Gasteiger charge is 2.15. The third-order valence-electron chi connectivity index (χ3n) is 5.34. The van der Waals surface area contributed by atoms with E-state index in [1.807, 2.05) is 55.5 Å². The number of hydrogen-bond acceptors (Lipinski definition) is 4. The van der Waals surface area contributed by atoms with Crippen molar-refractivity contribution in [3.8, 4) is 5.75 Å². The van der Waals surface area contributed by atoms with E-state index < -0.39 is 6.04 Å². The summed E-state index contributed by atoms with van der Waals surface area (Å²) in [4.78, 5) is 12.7. The van der Waals surface area contributed by atoms with E-state index in [4.69, 9.17) is 4.74 Å². The zero-order chi connectivity index (χ0) is 21.6. The van der Waals surface area contributed by atoms with Gasteiger partial charge in [-0.1, -0.05) is 55.5 Å². The summed E-state index contributed by atoms with van der Waals surface area (Å²) in [6.45, 7) is 1.96. The Bertz CT molecular complexity index is 1180. The van der Waals surface area contributed by atoms with Gasteiger partial charge in [0.15, 0.2) is 0 Å². The van der Waals surface area contributed by atoms with Crippen LogP contribution in [0.1, 0.15) is 18.9 Å². The van der Waals surface area contributed by atoms with E-state index in [1.54, 1.807) is 13.3 Å². The van der Waals surface area contributed by atoms with Crippen LogP contribution in [0.3, 0.4) is 0 Å². The molecule has 4 rings (SSSR count). The molecule has 0 aliphatic rings. The SMILES string of the molecule is CCC(Nc1ccc(OC)cc1)C(=O)NN=Cc1c2ccccc2cc2ccccc12. The molecule has 0 bridgehead atoms. The highest BCUT2D eigenvalue weighted by atomic mass is 16.5. The average molecular weight is 412 g/mol. The first kappa shape index (κ1) is 20.4. The number of rotatable bonds is 7. The normalized spacial score (nSPS) is 12.2. The van der Waals surface area contributed by atoms with Crippen molar-refractivity contribution in [2.45, 2.75) is 19.4 Å². The number of benzene rings is 4. The number of fused-ring (bicyclic) bond motifs is 2. The second-order valence-electron chi connectivity index (χ2n) is 7.30. The molecule has 5 nitrogen and oxygen atoms in total. The first-order valence-electron chi connectivity index (χ1n) is 10.3. The molecule has 0 heterocycles. The van der Waals surface area contributed by atoms with Gasteiger partial charge in [-0.25, -0.2) is 5.43 Å². The van der Waals surface area contributed by atoms with Crippen LogP contribution >= 0.6 is 0 Å². The zero-order valence-corrected chi connectivity index (χ0v) is 17.6. The maximum Gasteiger partial charge on any atom is 0.262 e. The number of carbonyl (C=O) groups excluding carboxylic acids is 1. The van der Waals surface area contributed by atoms with Gasteiger partial charge in [0.2, 0.25) is 0 Å². The molecule has 0 aromatic heterocycles. The van der Waals surface area contributed by atoms with Gasteiger partial charge in [-0.3, -0.25) is 4.79 Å². The third kappa shape index (κ3) is 4.51. The van der Waals surface area contributed by atoms with Gasteiger partial charge in [-0.15, -0.1) is 0 Å². The molecule has 0 fully saturated rings. The van der Waals surface area contributed by atoms with Crippen LogP contribution in [0.4, 0.5) is 5.69 Å². The zero-order valence-electron chi connectivity index (χ0n) is 17.6. The van der Waals surface area contributed by atoms with E-state index in [1.165, 1.54) is 0 Å². The maximum atomic E-state index is 12.7. The van der Waals surface area contributed by atoms with Crippen LogP contribution in [0.2, 0.25) is 0 Å². The Labute approximate surface area is 181 Å². The summed E-state index contributed by atoms with van der Waals surface area (Å²) < 4.78 is 5.18. The van der Waals surface area contributed by atoms with Gasteiger partial charge < -0.3 is 10.1 Å². The minimum atomic E-state index is -0.394. The molecule has 0 aliphatic carbocycles. The third-order valence-corrected chi connectivity index (χ3v) is 5.34. The molecule has 0 aliphatic heterocycles. The average Bonchev–Trinajstić information content (AvgIpc) is 2.82. The van der Waals surface area contributed by atoms with Crippen molar-refractivity contribution in [1.29, 1.82) is 0 Å². The summed E-state index contributed by atoms with van der Waals surface area (Å²) in [6.07, 6.45) is 2.37. The molecule has 1 atom stereocenters. The fraction of sp³-hybridized carbons (Fsp3) is 0.154. The Morgan fingerprint density at radius 2 is 1.58 bits per heavy atom. The van der Waals surface area contributed by atoms with Crippen molar-refractivity contribution in [1.82, 2.24) is 5.43 Å². The second kappa shape index (κ2) is 9.30. The van der Waals surface area contributed by atoms with Crippen LogP contribution in [0, 0.1) is 0 Å². The molecule has 2 N–H and O–H groups in total. The van der Waals surface area contributed by atoms with Gasteiger partial charge >= 0.3 is 0 Å². The van der Waals surface area contributed by atoms with Crippen LogP contribution < -0.4 is 15.5 Å². The van der Waals surface area contributed by atoms with E-state index >= 15 is 0 Å². The molecule has 5 heteroatoms. The standard InChI is InChI=1S/C26H25N3O2/c1-3-25(28-20-12-14-21(31-2)15-13-20)26(30)29-27-17-24-22-10-6-4-8-18(22)16-19-9-5-7-11-23(19)24/h4-17,25,28H,3H2,1-2H3,(H,29,30). The molecule has 4 aromatic carbocycles. The molecular formula is C26H25N3O2. The monoisotopic (exact) mass is 411 g/mol. The predicted octanol–water partition coefficient (Wildman–Crippen LogP) is 5.34. The smallest absolute Gasteiger partial charge is 0.262 e. The summed E-state index contributed by atoms with van der Waals surface area (Å²) in [7, 11) is 1.63. The summed E-state index contributed by atoms with van der Waals surface area (Å²) >= 11 is 0. The van der Waals surface area contributed by atoms with Crippen molar-refractivity contribution >= 4 is 39.4 Å². The number of ether oxygens (including phenoxy) is 1. The van der Waals surface area contributed by atoms with Gasteiger partial charge in [-0.2, -0.15) is 5.10 Å². The Morgan fingerprint density at radius 1 is 0.968 bits per heavy atom. The number of carbonyl (C=O) groups is 1. The molecule has 1 amide bonds. The summed E-state index contributed by atoms with van der Waals surface area (Å²) in [5.41, 5.74) is 4.54. The number of nitrogens with zero attached hydrogens (tertiary/aromatic N) is 1. The lowest BCUT2D eigenvalue weighted by molar-refractivity contribution is -0.121. The van der Waals surface area contributed by atoms with Gasteiger partial charge in [-0.05, 0) is 58.3 Å². The van der Waals surface area contributed by atoms with Crippen LogP contribution in [-0.2, 0) is 4.79 Å². The van der Waals surface area contributed by atoms with Crippen LogP contribution in [0.25, 0.3) is 21.5 Å². The van der Waals surface area contributed by atoms with E-state index in [0.717, 1.165) is 38.5 Å². The highest BCUT2D eigenvalue weighted by Crippen LogP contribution is 2.27. The molecule has 0 spiro atoms. The van der Waals surface area contributed by atoms with Crippen LogP contribution in [0.5, 0.6) is 5.75 Å². The molecule has 31 heavy (non-hydrogen) atoms. The number of hydrazone groups is 1. The van der Waals surface area contributed by atoms with E-state index in [2.05, 4.69) is 46.2 Å². The van der Waals surface area contributed by atoms with E-state index in [0.29, 0.717) is 6.42 Å². The highest BCUT2D eigenvalue weighted by molar-refractivity contribution is 6.13. The van der Waals surface area contributed by atoms with Crippen molar-refractivity contribution in [2.75, 3.05) is 12.4 Å². The second-order valence-corrected chi connectivity index (χ2v) is 7.30. The number of anilines is 1. The van der Waals surface area contributed by atoms with Gasteiger partial charge in [0.25, 0.3) is 5.91 Å². The molecular weight excluding hydrogens is 386 g/mol. The summed E-state index contributed by atoms with van der Waals surface area (Å²) in [5, 5.41) is 12.0. The van der Waals surface area contributed by atoms with E-state index in [9.17, 15) is 4.79 Å². The minimum absolute atomic E-state index is 0.181. The van der Waals surface area contributed by atoms with Crippen molar-refractivity contribution in [2.24, 2.45) is 5.10 Å². The summed E-state index contributed by atoms with van der Waals surface area (Å²) in [6, 6.07) is 25.7. The Kier molecular flexibility index (Phi) is 6.13. The lowest BCUT2D eigenvalue weighted by atomic mass is 9.97. The van der Waals surface area contributed by atoms with Crippen LogP contribution in [0.15, 0.2) is 84.0 Å². The summed E-state index contributed by atoms with van der Waals surface area (Å²) in [5.74, 6) is 0.592. The first-order chi connectivity index (χ1) is 15.2. The number of nitrogens with one attached hydrogen (secondary N) is 2. The quantitative estimate of drug-likeness (QED) is 0.245. The largest absolute Gasteiger partial charge is 0.497 e. The predicted molar refractivity (Wildman–Crippen MR) is 128 cm³/mol. The lowest BCUT2D eigenvalue weighted by Crippen LogP contribution is -2.36. The lowest BCUT2D eigenvalue weighted by Gasteiger charge is -2.16. The Balaban J connectivity index is 1.54. The molecule has 156 valence electrons. The fourth-order valence-electron chi connectivity index (χ4n) is 3.67. The first-order valence-corrected chi connectivity index (χ1v) is 10.3. The topological polar surface area (TPSA) is 62.7 Å². The molecule has 0 saturated heterocycles. The molecule has 0 radical (unpaired) electrons. The van der Waals surface area contributed by atoms with Crippen molar-refractivity contribution in [3.63, 3.8) is 0 Å². The van der Waals surface area contributed by atoms with Crippen molar-refractivity contribution in [3.05, 3.63) is 84.4 Å². The Morgan fingerprint density at radius 3 is 2.16 bits per heavy atom. The van der Waals surface area contributed by atoms with Crippen molar-refractivity contribution < 1.29 is 9.53 Å².